The third-order valence-corrected chi connectivity index (χ3v) is 3.74. The van der Waals surface area contributed by atoms with Crippen LogP contribution in [0.3, 0.4) is 0 Å². The number of rotatable bonds is 9. The molecule has 0 atom stereocenters. The normalized spacial score (nSPS) is 10.6. The van der Waals surface area contributed by atoms with E-state index in [0.717, 1.165) is 5.69 Å². The van der Waals surface area contributed by atoms with Crippen molar-refractivity contribution in [1.29, 1.82) is 0 Å². The predicted molar refractivity (Wildman–Crippen MR) is 114 cm³/mol. The van der Waals surface area contributed by atoms with Crippen molar-refractivity contribution in [3.8, 4) is 5.75 Å². The van der Waals surface area contributed by atoms with Crippen molar-refractivity contribution in [3.05, 3.63) is 48.5 Å². The Hall–Kier alpha value is -3.02. The SMILES string of the molecule is CC(C)CC(=O)Nc1ccc(NC(=O)CNc2ccccc2OC(C)C)cc1. The topological polar surface area (TPSA) is 79.5 Å². The van der Waals surface area contributed by atoms with Crippen LogP contribution in [0, 0.1) is 5.92 Å². The standard InChI is InChI=1S/C22H29N3O3/c1-15(2)13-21(26)24-17-9-11-18(12-10-17)25-22(27)14-23-19-7-5-6-8-20(19)28-16(3)4/h5-12,15-16,23H,13-14H2,1-4H3,(H,24,26)(H,25,27). The minimum atomic E-state index is -0.170. The molecule has 0 aromatic heterocycles. The van der Waals surface area contributed by atoms with Gasteiger partial charge in [-0.1, -0.05) is 26.0 Å². The van der Waals surface area contributed by atoms with Crippen molar-refractivity contribution < 1.29 is 14.3 Å². The summed E-state index contributed by atoms with van der Waals surface area (Å²) in [6.07, 6.45) is 0.530. The first-order valence-electron chi connectivity index (χ1n) is 9.53. The van der Waals surface area contributed by atoms with Gasteiger partial charge >= 0.3 is 0 Å². The van der Waals surface area contributed by atoms with Crippen LogP contribution in [0.1, 0.15) is 34.1 Å². The molecule has 2 amide bonds. The van der Waals surface area contributed by atoms with Gasteiger partial charge in [0.25, 0.3) is 0 Å². The summed E-state index contributed by atoms with van der Waals surface area (Å²) in [5.74, 6) is 0.836. The highest BCUT2D eigenvalue weighted by atomic mass is 16.5. The molecular formula is C22H29N3O3. The molecule has 2 rings (SSSR count). The van der Waals surface area contributed by atoms with Crippen molar-refractivity contribution in [2.45, 2.75) is 40.2 Å². The Morgan fingerprint density at radius 3 is 2.00 bits per heavy atom. The zero-order valence-electron chi connectivity index (χ0n) is 16.9. The second-order valence-electron chi connectivity index (χ2n) is 7.29. The summed E-state index contributed by atoms with van der Waals surface area (Å²) in [5, 5.41) is 8.77. The smallest absolute Gasteiger partial charge is 0.243 e. The van der Waals surface area contributed by atoms with Crippen molar-refractivity contribution in [3.63, 3.8) is 0 Å². The number of ether oxygens (including phenoxy) is 1. The van der Waals surface area contributed by atoms with Crippen LogP contribution >= 0.6 is 0 Å². The first-order chi connectivity index (χ1) is 13.3. The molecule has 2 aromatic rings. The summed E-state index contributed by atoms with van der Waals surface area (Å²) >= 11 is 0. The second-order valence-corrected chi connectivity index (χ2v) is 7.29. The molecule has 0 spiro atoms. The molecule has 28 heavy (non-hydrogen) atoms. The highest BCUT2D eigenvalue weighted by molar-refractivity contribution is 5.95. The molecule has 3 N–H and O–H groups in total. The van der Waals surface area contributed by atoms with E-state index < -0.39 is 0 Å². The fourth-order valence-corrected chi connectivity index (χ4v) is 2.57. The monoisotopic (exact) mass is 383 g/mol. The summed E-state index contributed by atoms with van der Waals surface area (Å²) in [5.41, 5.74) is 2.15. The molecule has 0 aliphatic heterocycles. The highest BCUT2D eigenvalue weighted by Gasteiger charge is 2.08. The number of nitrogens with one attached hydrogen (secondary N) is 3. The molecule has 6 heteroatoms. The highest BCUT2D eigenvalue weighted by Crippen LogP contribution is 2.24. The average Bonchev–Trinajstić information content (AvgIpc) is 2.61. The predicted octanol–water partition coefficient (Wildman–Crippen LogP) is 4.51. The van der Waals surface area contributed by atoms with Crippen molar-refractivity contribution in [2.75, 3.05) is 22.5 Å². The van der Waals surface area contributed by atoms with Gasteiger partial charge in [-0.25, -0.2) is 0 Å². The Morgan fingerprint density at radius 1 is 0.857 bits per heavy atom. The van der Waals surface area contributed by atoms with Gasteiger partial charge in [-0.05, 0) is 56.2 Å². The lowest BCUT2D eigenvalue weighted by atomic mass is 10.1. The third kappa shape index (κ3) is 7.31. The molecule has 150 valence electrons. The van der Waals surface area contributed by atoms with Crippen LogP contribution in [0.25, 0.3) is 0 Å². The zero-order chi connectivity index (χ0) is 20.5. The summed E-state index contributed by atoms with van der Waals surface area (Å²) in [6, 6.07) is 14.6. The van der Waals surface area contributed by atoms with E-state index in [9.17, 15) is 9.59 Å². The lowest BCUT2D eigenvalue weighted by molar-refractivity contribution is -0.117. The molecule has 0 saturated carbocycles. The number of hydrogen-bond donors (Lipinski definition) is 3. The van der Waals surface area contributed by atoms with Crippen molar-refractivity contribution in [1.82, 2.24) is 0 Å². The lowest BCUT2D eigenvalue weighted by Crippen LogP contribution is -2.22. The van der Waals surface area contributed by atoms with Crippen LogP contribution in [-0.4, -0.2) is 24.5 Å². The van der Waals surface area contributed by atoms with E-state index in [1.807, 2.05) is 52.0 Å². The number of para-hydroxylation sites is 2. The number of carbonyl (C=O) groups excluding carboxylic acids is 2. The van der Waals surface area contributed by atoms with E-state index in [1.54, 1.807) is 24.3 Å². The lowest BCUT2D eigenvalue weighted by Gasteiger charge is -2.15. The van der Waals surface area contributed by atoms with Gasteiger partial charge in [-0.2, -0.15) is 0 Å². The van der Waals surface area contributed by atoms with Crippen LogP contribution < -0.4 is 20.7 Å². The van der Waals surface area contributed by atoms with Crippen LogP contribution in [0.5, 0.6) is 5.75 Å². The van der Waals surface area contributed by atoms with Crippen molar-refractivity contribution in [2.24, 2.45) is 5.92 Å². The van der Waals surface area contributed by atoms with Gasteiger partial charge < -0.3 is 20.7 Å². The summed E-state index contributed by atoms with van der Waals surface area (Å²) in [7, 11) is 0. The Kier molecular flexibility index (Phi) is 7.87. The molecule has 0 aliphatic carbocycles. The molecule has 0 radical (unpaired) electrons. The van der Waals surface area contributed by atoms with Crippen LogP contribution in [0.15, 0.2) is 48.5 Å². The summed E-state index contributed by atoms with van der Waals surface area (Å²) in [6.45, 7) is 8.03. The first kappa shape index (κ1) is 21.3. The fraction of sp³-hybridized carbons (Fsp3) is 0.364. The Labute approximate surface area is 166 Å². The van der Waals surface area contributed by atoms with E-state index in [-0.39, 0.29) is 24.5 Å². The molecule has 6 nitrogen and oxygen atoms in total. The molecular weight excluding hydrogens is 354 g/mol. The molecule has 2 aromatic carbocycles. The number of carbonyl (C=O) groups is 2. The van der Waals surface area contributed by atoms with E-state index in [0.29, 0.717) is 29.5 Å². The van der Waals surface area contributed by atoms with Crippen LogP contribution in [0.4, 0.5) is 17.1 Å². The van der Waals surface area contributed by atoms with Gasteiger partial charge in [0.05, 0.1) is 18.3 Å². The van der Waals surface area contributed by atoms with Gasteiger partial charge in [-0.15, -0.1) is 0 Å². The van der Waals surface area contributed by atoms with E-state index in [4.69, 9.17) is 4.74 Å². The Balaban J connectivity index is 1.86. The Morgan fingerprint density at radius 2 is 1.43 bits per heavy atom. The van der Waals surface area contributed by atoms with Gasteiger partial charge in [-0.3, -0.25) is 9.59 Å². The number of benzene rings is 2. The summed E-state index contributed by atoms with van der Waals surface area (Å²) in [4.78, 5) is 24.0. The molecule has 0 heterocycles. The quantitative estimate of drug-likeness (QED) is 0.595. The van der Waals surface area contributed by atoms with Crippen molar-refractivity contribution >= 4 is 28.9 Å². The Bertz CT molecular complexity index is 786. The maximum atomic E-state index is 12.2. The van der Waals surface area contributed by atoms with Gasteiger partial charge in [0.1, 0.15) is 5.75 Å². The molecule has 0 aliphatic rings. The van der Waals surface area contributed by atoms with E-state index in [2.05, 4.69) is 16.0 Å². The van der Waals surface area contributed by atoms with Crippen LogP contribution in [-0.2, 0) is 9.59 Å². The van der Waals surface area contributed by atoms with E-state index in [1.165, 1.54) is 0 Å². The van der Waals surface area contributed by atoms with Gasteiger partial charge in [0.15, 0.2) is 0 Å². The molecule has 0 fully saturated rings. The maximum Gasteiger partial charge on any atom is 0.243 e. The molecule has 0 bridgehead atoms. The zero-order valence-corrected chi connectivity index (χ0v) is 16.9. The largest absolute Gasteiger partial charge is 0.489 e. The molecule has 0 unspecified atom stereocenters. The van der Waals surface area contributed by atoms with E-state index >= 15 is 0 Å². The average molecular weight is 383 g/mol. The van der Waals surface area contributed by atoms with Gasteiger partial charge in [0, 0.05) is 17.8 Å². The van der Waals surface area contributed by atoms with Gasteiger partial charge in [0.2, 0.25) is 11.8 Å². The number of anilines is 3. The maximum absolute atomic E-state index is 12.2. The minimum absolute atomic E-state index is 0.0155. The minimum Gasteiger partial charge on any atom is -0.489 e. The number of hydrogen-bond acceptors (Lipinski definition) is 4. The third-order valence-electron chi connectivity index (χ3n) is 3.74. The van der Waals surface area contributed by atoms with Crippen LogP contribution in [0.2, 0.25) is 0 Å². The number of amides is 2. The second kappa shape index (κ2) is 10.3. The molecule has 0 saturated heterocycles. The summed E-state index contributed by atoms with van der Waals surface area (Å²) < 4.78 is 5.74. The fourth-order valence-electron chi connectivity index (χ4n) is 2.57. The first-order valence-corrected chi connectivity index (χ1v) is 9.53.